The summed E-state index contributed by atoms with van der Waals surface area (Å²) in [5.74, 6) is 1.41. The van der Waals surface area contributed by atoms with Crippen LogP contribution in [0.4, 0.5) is 11.5 Å². The van der Waals surface area contributed by atoms with E-state index in [1.165, 1.54) is 0 Å². The lowest BCUT2D eigenvalue weighted by Gasteiger charge is -2.33. The minimum atomic E-state index is -0.201. The van der Waals surface area contributed by atoms with E-state index in [0.717, 1.165) is 36.0 Å². The van der Waals surface area contributed by atoms with E-state index < -0.39 is 0 Å². The van der Waals surface area contributed by atoms with Crippen LogP contribution < -0.4 is 19.7 Å². The van der Waals surface area contributed by atoms with Crippen LogP contribution in [-0.4, -0.2) is 43.2 Å². The Bertz CT molecular complexity index is 1120. The van der Waals surface area contributed by atoms with Gasteiger partial charge in [-0.05, 0) is 43.5 Å². The zero-order valence-corrected chi connectivity index (χ0v) is 18.6. The number of piperidine rings is 1. The van der Waals surface area contributed by atoms with Crippen molar-refractivity contribution in [1.29, 1.82) is 0 Å². The Morgan fingerprint density at radius 3 is 2.61 bits per heavy atom. The van der Waals surface area contributed by atoms with E-state index in [1.807, 2.05) is 37.3 Å². The number of carbonyl (C=O) groups is 1. The molecule has 1 atom stereocenters. The van der Waals surface area contributed by atoms with Crippen LogP contribution >= 0.6 is 11.6 Å². The predicted molar refractivity (Wildman–Crippen MR) is 122 cm³/mol. The third kappa shape index (κ3) is 4.37. The standard InChI is InChI=1S/C23H25ClN4O3/c1-14-11-19(20(30-2)12-16(14)24)26-22(29)15-7-6-10-28(13-15)21-23(31-3)27-18-9-5-4-8-17(18)25-21/h4-5,8-9,11-12,15H,6-7,10,13H2,1-3H3,(H,26,29). The van der Waals surface area contributed by atoms with Gasteiger partial charge in [-0.15, -0.1) is 0 Å². The predicted octanol–water partition coefficient (Wildman–Crippen LogP) is 4.46. The van der Waals surface area contributed by atoms with Crippen molar-refractivity contribution in [3.8, 4) is 11.6 Å². The number of nitrogens with zero attached hydrogens (tertiary/aromatic N) is 3. The molecule has 7 nitrogen and oxygen atoms in total. The van der Waals surface area contributed by atoms with Gasteiger partial charge in [0.05, 0.1) is 36.9 Å². The number of hydrogen-bond donors (Lipinski definition) is 1. The number of aryl methyl sites for hydroxylation is 1. The van der Waals surface area contributed by atoms with E-state index in [-0.39, 0.29) is 11.8 Å². The highest BCUT2D eigenvalue weighted by Gasteiger charge is 2.29. The van der Waals surface area contributed by atoms with E-state index in [4.69, 9.17) is 26.1 Å². The van der Waals surface area contributed by atoms with Crippen molar-refractivity contribution < 1.29 is 14.3 Å². The van der Waals surface area contributed by atoms with Gasteiger partial charge in [-0.3, -0.25) is 4.79 Å². The van der Waals surface area contributed by atoms with E-state index in [1.54, 1.807) is 20.3 Å². The number of ether oxygens (including phenoxy) is 2. The van der Waals surface area contributed by atoms with Crippen LogP contribution in [0.3, 0.4) is 0 Å². The second-order valence-corrected chi connectivity index (χ2v) is 8.03. The molecule has 0 bridgehead atoms. The third-order valence-electron chi connectivity index (χ3n) is 5.55. The zero-order valence-electron chi connectivity index (χ0n) is 17.8. The Morgan fingerprint density at radius 1 is 1.16 bits per heavy atom. The minimum absolute atomic E-state index is 0.0579. The fourth-order valence-electron chi connectivity index (χ4n) is 3.87. The molecule has 2 heterocycles. The van der Waals surface area contributed by atoms with E-state index in [9.17, 15) is 4.79 Å². The van der Waals surface area contributed by atoms with E-state index in [2.05, 4.69) is 15.2 Å². The summed E-state index contributed by atoms with van der Waals surface area (Å²) in [6, 6.07) is 11.2. The Morgan fingerprint density at radius 2 is 1.90 bits per heavy atom. The first kappa shape index (κ1) is 21.2. The molecule has 2 aromatic carbocycles. The number of aromatic nitrogens is 2. The van der Waals surface area contributed by atoms with Crippen molar-refractivity contribution in [3.05, 3.63) is 47.0 Å². The van der Waals surface area contributed by atoms with Crippen LogP contribution in [0.15, 0.2) is 36.4 Å². The third-order valence-corrected chi connectivity index (χ3v) is 5.95. The van der Waals surface area contributed by atoms with Gasteiger partial charge in [-0.25, -0.2) is 9.97 Å². The summed E-state index contributed by atoms with van der Waals surface area (Å²) in [5, 5.41) is 3.61. The zero-order chi connectivity index (χ0) is 22.0. The molecule has 1 aromatic heterocycles. The normalized spacial score (nSPS) is 16.3. The summed E-state index contributed by atoms with van der Waals surface area (Å²) >= 11 is 6.18. The fourth-order valence-corrected chi connectivity index (χ4v) is 4.02. The van der Waals surface area contributed by atoms with Gasteiger partial charge in [0.2, 0.25) is 5.91 Å². The van der Waals surface area contributed by atoms with Gasteiger partial charge in [0, 0.05) is 24.2 Å². The fraction of sp³-hybridized carbons (Fsp3) is 0.348. The molecular formula is C23H25ClN4O3. The molecule has 1 aliphatic heterocycles. The maximum atomic E-state index is 13.1. The number of methoxy groups -OCH3 is 2. The Kier molecular flexibility index (Phi) is 6.13. The van der Waals surface area contributed by atoms with Crippen LogP contribution in [0.2, 0.25) is 5.02 Å². The molecular weight excluding hydrogens is 416 g/mol. The van der Waals surface area contributed by atoms with E-state index >= 15 is 0 Å². The van der Waals surface area contributed by atoms with Gasteiger partial charge in [0.25, 0.3) is 5.88 Å². The quantitative estimate of drug-likeness (QED) is 0.631. The van der Waals surface area contributed by atoms with Gasteiger partial charge in [0.1, 0.15) is 5.75 Å². The number of benzene rings is 2. The van der Waals surface area contributed by atoms with Crippen molar-refractivity contribution >= 4 is 40.0 Å². The number of fused-ring (bicyclic) bond motifs is 1. The lowest BCUT2D eigenvalue weighted by atomic mass is 9.97. The Balaban J connectivity index is 1.56. The maximum absolute atomic E-state index is 13.1. The van der Waals surface area contributed by atoms with Gasteiger partial charge in [0.15, 0.2) is 5.82 Å². The molecule has 1 aliphatic rings. The van der Waals surface area contributed by atoms with Crippen molar-refractivity contribution in [2.75, 3.05) is 37.5 Å². The summed E-state index contributed by atoms with van der Waals surface area (Å²) in [5.41, 5.74) is 3.07. The number of para-hydroxylation sites is 2. The van der Waals surface area contributed by atoms with E-state index in [0.29, 0.717) is 34.7 Å². The lowest BCUT2D eigenvalue weighted by molar-refractivity contribution is -0.120. The van der Waals surface area contributed by atoms with Crippen molar-refractivity contribution in [3.63, 3.8) is 0 Å². The van der Waals surface area contributed by atoms with Crippen LogP contribution in [-0.2, 0) is 4.79 Å². The summed E-state index contributed by atoms with van der Waals surface area (Å²) in [4.78, 5) is 24.5. The van der Waals surface area contributed by atoms with Gasteiger partial charge in [-0.1, -0.05) is 23.7 Å². The van der Waals surface area contributed by atoms with Gasteiger partial charge >= 0.3 is 0 Å². The number of nitrogens with one attached hydrogen (secondary N) is 1. The summed E-state index contributed by atoms with van der Waals surface area (Å²) in [7, 11) is 3.15. The summed E-state index contributed by atoms with van der Waals surface area (Å²) < 4.78 is 10.9. The molecule has 0 aliphatic carbocycles. The van der Waals surface area contributed by atoms with Crippen LogP contribution in [0.5, 0.6) is 11.6 Å². The molecule has 31 heavy (non-hydrogen) atoms. The number of amides is 1. The second kappa shape index (κ2) is 8.98. The molecule has 0 radical (unpaired) electrons. The molecule has 1 unspecified atom stereocenters. The molecule has 0 saturated carbocycles. The average Bonchev–Trinajstić information content (AvgIpc) is 2.80. The largest absolute Gasteiger partial charge is 0.495 e. The summed E-state index contributed by atoms with van der Waals surface area (Å²) in [6.07, 6.45) is 1.66. The SMILES string of the molecule is COc1cc(Cl)c(C)cc1NC(=O)C1CCCN(c2nc3ccccc3nc2OC)C1. The van der Waals surface area contributed by atoms with Crippen LogP contribution in [0.25, 0.3) is 11.0 Å². The molecule has 1 N–H and O–H groups in total. The first-order chi connectivity index (χ1) is 15.0. The van der Waals surface area contributed by atoms with Crippen molar-refractivity contribution in [2.24, 2.45) is 5.92 Å². The van der Waals surface area contributed by atoms with Gasteiger partial charge < -0.3 is 19.7 Å². The number of anilines is 2. The van der Waals surface area contributed by atoms with Crippen LogP contribution in [0, 0.1) is 12.8 Å². The smallest absolute Gasteiger partial charge is 0.257 e. The highest BCUT2D eigenvalue weighted by Crippen LogP contribution is 2.33. The van der Waals surface area contributed by atoms with Crippen LogP contribution in [0.1, 0.15) is 18.4 Å². The first-order valence-electron chi connectivity index (χ1n) is 10.2. The molecule has 1 amide bonds. The maximum Gasteiger partial charge on any atom is 0.257 e. The number of rotatable bonds is 5. The molecule has 3 aromatic rings. The average molecular weight is 441 g/mol. The van der Waals surface area contributed by atoms with Crippen molar-refractivity contribution in [2.45, 2.75) is 19.8 Å². The highest BCUT2D eigenvalue weighted by atomic mass is 35.5. The Hall–Kier alpha value is -3.06. The first-order valence-corrected chi connectivity index (χ1v) is 10.6. The highest BCUT2D eigenvalue weighted by molar-refractivity contribution is 6.31. The molecule has 1 saturated heterocycles. The second-order valence-electron chi connectivity index (χ2n) is 7.62. The molecule has 8 heteroatoms. The molecule has 162 valence electrons. The topological polar surface area (TPSA) is 76.6 Å². The van der Waals surface area contributed by atoms with Crippen molar-refractivity contribution in [1.82, 2.24) is 9.97 Å². The minimum Gasteiger partial charge on any atom is -0.495 e. The number of carbonyl (C=O) groups excluding carboxylic acids is 1. The Labute approximate surface area is 186 Å². The molecule has 4 rings (SSSR count). The monoisotopic (exact) mass is 440 g/mol. The molecule has 0 spiro atoms. The molecule has 1 fully saturated rings. The lowest BCUT2D eigenvalue weighted by Crippen LogP contribution is -2.41. The summed E-state index contributed by atoms with van der Waals surface area (Å²) in [6.45, 7) is 3.21. The van der Waals surface area contributed by atoms with Gasteiger partial charge in [-0.2, -0.15) is 0 Å². The number of halogens is 1. The number of hydrogen-bond acceptors (Lipinski definition) is 6.